The molecule has 2 rings (SSSR count). The van der Waals surface area contributed by atoms with Crippen molar-refractivity contribution in [3.05, 3.63) is 35.4 Å². The minimum absolute atomic E-state index is 0.280. The Kier molecular flexibility index (Phi) is 4.59. The van der Waals surface area contributed by atoms with Crippen LogP contribution in [0.15, 0.2) is 24.3 Å². The van der Waals surface area contributed by atoms with Crippen LogP contribution in [0.25, 0.3) is 0 Å². The molecule has 2 atom stereocenters. The van der Waals surface area contributed by atoms with Crippen LogP contribution in [0.1, 0.15) is 31.4 Å². The molecule has 1 N–H and O–H groups in total. The van der Waals surface area contributed by atoms with E-state index in [1.165, 1.54) is 11.1 Å². The van der Waals surface area contributed by atoms with Gasteiger partial charge >= 0.3 is 0 Å². The Labute approximate surface area is 116 Å². The van der Waals surface area contributed by atoms with Gasteiger partial charge in [0.05, 0.1) is 0 Å². The number of amides is 1. The Hall–Kier alpha value is -1.35. The first-order valence-electron chi connectivity index (χ1n) is 7.15. The van der Waals surface area contributed by atoms with Gasteiger partial charge in [-0.15, -0.1) is 0 Å². The summed E-state index contributed by atoms with van der Waals surface area (Å²) in [4.78, 5) is 14.4. The van der Waals surface area contributed by atoms with Gasteiger partial charge in [0, 0.05) is 31.6 Å². The molecule has 1 fully saturated rings. The van der Waals surface area contributed by atoms with Crippen LogP contribution in [0.5, 0.6) is 0 Å². The number of hydrogen-bond acceptors (Lipinski definition) is 2. The second kappa shape index (κ2) is 6.20. The van der Waals surface area contributed by atoms with Gasteiger partial charge in [-0.25, -0.2) is 0 Å². The van der Waals surface area contributed by atoms with Crippen LogP contribution in [0.2, 0.25) is 0 Å². The van der Waals surface area contributed by atoms with Crippen LogP contribution in [0, 0.1) is 6.92 Å². The third kappa shape index (κ3) is 3.57. The maximum atomic E-state index is 12.4. The molecule has 0 spiro atoms. The lowest BCUT2D eigenvalue weighted by Crippen LogP contribution is -2.57. The summed E-state index contributed by atoms with van der Waals surface area (Å²) in [6.07, 6.45) is 1.44. The number of carbonyl (C=O) groups is 1. The summed E-state index contributed by atoms with van der Waals surface area (Å²) in [5, 5.41) is 3.36. The number of benzene rings is 1. The third-order valence-corrected chi connectivity index (χ3v) is 3.87. The first kappa shape index (κ1) is 14.1. The summed E-state index contributed by atoms with van der Waals surface area (Å²) in [7, 11) is 0. The number of aryl methyl sites for hydroxylation is 2. The molecule has 1 aromatic rings. The van der Waals surface area contributed by atoms with Crippen LogP contribution >= 0.6 is 0 Å². The van der Waals surface area contributed by atoms with Gasteiger partial charge < -0.3 is 10.2 Å². The normalized spacial score (nSPS) is 23.4. The molecule has 3 heteroatoms. The van der Waals surface area contributed by atoms with Crippen LogP contribution in [-0.4, -0.2) is 36.0 Å². The molecular weight excluding hydrogens is 236 g/mol. The first-order chi connectivity index (χ1) is 9.08. The third-order valence-electron chi connectivity index (χ3n) is 3.87. The van der Waals surface area contributed by atoms with Crippen molar-refractivity contribution in [2.45, 2.75) is 45.7 Å². The molecule has 0 radical (unpaired) electrons. The van der Waals surface area contributed by atoms with Gasteiger partial charge in [-0.2, -0.15) is 0 Å². The molecule has 104 valence electrons. The summed E-state index contributed by atoms with van der Waals surface area (Å²) >= 11 is 0. The maximum Gasteiger partial charge on any atom is 0.223 e. The average molecular weight is 260 g/mol. The quantitative estimate of drug-likeness (QED) is 0.903. The minimum atomic E-state index is 0.280. The zero-order valence-electron chi connectivity index (χ0n) is 12.1. The van der Waals surface area contributed by atoms with Crippen molar-refractivity contribution in [1.82, 2.24) is 10.2 Å². The maximum absolute atomic E-state index is 12.4. The lowest BCUT2D eigenvalue weighted by Gasteiger charge is -2.39. The Bertz CT molecular complexity index is 417. The van der Waals surface area contributed by atoms with Gasteiger partial charge in [-0.05, 0) is 32.8 Å². The molecule has 1 aliphatic heterocycles. The minimum Gasteiger partial charge on any atom is -0.335 e. The average Bonchev–Trinajstić information content (AvgIpc) is 2.38. The molecule has 0 bridgehead atoms. The number of rotatable bonds is 3. The van der Waals surface area contributed by atoms with Gasteiger partial charge in [0.1, 0.15) is 0 Å². The Balaban J connectivity index is 1.91. The number of carbonyl (C=O) groups excluding carboxylic acids is 1. The molecular formula is C16H24N2O. The number of hydrogen-bond donors (Lipinski definition) is 1. The number of nitrogens with one attached hydrogen (secondary N) is 1. The molecule has 1 saturated heterocycles. The molecule has 3 nitrogen and oxygen atoms in total. The highest BCUT2D eigenvalue weighted by molar-refractivity contribution is 5.77. The Morgan fingerprint density at radius 2 is 1.79 bits per heavy atom. The summed E-state index contributed by atoms with van der Waals surface area (Å²) in [6, 6.07) is 9.05. The zero-order valence-corrected chi connectivity index (χ0v) is 12.1. The number of piperazine rings is 1. The molecule has 0 aliphatic carbocycles. The van der Waals surface area contributed by atoms with Crippen molar-refractivity contribution < 1.29 is 4.79 Å². The van der Waals surface area contributed by atoms with Crippen molar-refractivity contribution in [3.63, 3.8) is 0 Å². The summed E-state index contributed by atoms with van der Waals surface area (Å²) in [5.74, 6) is 0.280. The van der Waals surface area contributed by atoms with E-state index in [4.69, 9.17) is 0 Å². The van der Waals surface area contributed by atoms with Crippen molar-refractivity contribution in [2.75, 3.05) is 13.1 Å². The molecule has 0 aromatic heterocycles. The molecule has 2 unspecified atom stereocenters. The fourth-order valence-corrected chi connectivity index (χ4v) is 2.76. The molecule has 19 heavy (non-hydrogen) atoms. The topological polar surface area (TPSA) is 32.3 Å². The highest BCUT2D eigenvalue weighted by Gasteiger charge is 2.28. The van der Waals surface area contributed by atoms with Crippen LogP contribution in [0.4, 0.5) is 0 Å². The van der Waals surface area contributed by atoms with Crippen molar-refractivity contribution in [1.29, 1.82) is 0 Å². The summed E-state index contributed by atoms with van der Waals surface area (Å²) in [6.45, 7) is 8.12. The van der Waals surface area contributed by atoms with Gasteiger partial charge in [-0.3, -0.25) is 4.79 Å². The van der Waals surface area contributed by atoms with Crippen LogP contribution < -0.4 is 5.32 Å². The van der Waals surface area contributed by atoms with Gasteiger partial charge in [-0.1, -0.05) is 29.8 Å². The van der Waals surface area contributed by atoms with E-state index in [-0.39, 0.29) is 5.91 Å². The number of nitrogens with zero attached hydrogens (tertiary/aromatic N) is 1. The second-order valence-electron chi connectivity index (χ2n) is 5.64. The van der Waals surface area contributed by atoms with E-state index in [1.807, 2.05) is 4.90 Å². The van der Waals surface area contributed by atoms with E-state index in [0.717, 1.165) is 19.5 Å². The molecule has 0 saturated carbocycles. The predicted octanol–water partition coefficient (Wildman–Crippen LogP) is 2.14. The van der Waals surface area contributed by atoms with E-state index in [9.17, 15) is 4.79 Å². The monoisotopic (exact) mass is 260 g/mol. The molecule has 1 aliphatic rings. The van der Waals surface area contributed by atoms with Crippen molar-refractivity contribution >= 4 is 5.91 Å². The largest absolute Gasteiger partial charge is 0.335 e. The standard InChI is InChI=1S/C16H24N2O/c1-12-4-6-15(7-5-12)8-9-16(19)18-13(2)10-17-11-14(18)3/h4-7,13-14,17H,8-11H2,1-3H3. The van der Waals surface area contributed by atoms with E-state index in [2.05, 4.69) is 50.4 Å². The lowest BCUT2D eigenvalue weighted by atomic mass is 10.0. The van der Waals surface area contributed by atoms with E-state index in [1.54, 1.807) is 0 Å². The first-order valence-corrected chi connectivity index (χ1v) is 7.15. The highest BCUT2D eigenvalue weighted by atomic mass is 16.2. The Morgan fingerprint density at radius 3 is 2.37 bits per heavy atom. The highest BCUT2D eigenvalue weighted by Crippen LogP contribution is 2.13. The molecule has 1 heterocycles. The van der Waals surface area contributed by atoms with E-state index >= 15 is 0 Å². The Morgan fingerprint density at radius 1 is 1.21 bits per heavy atom. The van der Waals surface area contributed by atoms with Crippen LogP contribution in [0.3, 0.4) is 0 Å². The molecule has 1 amide bonds. The summed E-state index contributed by atoms with van der Waals surface area (Å²) in [5.41, 5.74) is 2.51. The second-order valence-corrected chi connectivity index (χ2v) is 5.64. The molecule has 1 aromatic carbocycles. The van der Waals surface area contributed by atoms with E-state index < -0.39 is 0 Å². The summed E-state index contributed by atoms with van der Waals surface area (Å²) < 4.78 is 0. The zero-order chi connectivity index (χ0) is 13.8. The van der Waals surface area contributed by atoms with Gasteiger partial charge in [0.15, 0.2) is 0 Å². The fraction of sp³-hybridized carbons (Fsp3) is 0.562. The SMILES string of the molecule is Cc1ccc(CCC(=O)N2C(C)CNCC2C)cc1. The van der Waals surface area contributed by atoms with Crippen LogP contribution in [-0.2, 0) is 11.2 Å². The smallest absolute Gasteiger partial charge is 0.223 e. The predicted molar refractivity (Wildman–Crippen MR) is 78.1 cm³/mol. The van der Waals surface area contributed by atoms with Gasteiger partial charge in [0.25, 0.3) is 0 Å². The van der Waals surface area contributed by atoms with Crippen molar-refractivity contribution in [3.8, 4) is 0 Å². The van der Waals surface area contributed by atoms with E-state index in [0.29, 0.717) is 18.5 Å². The lowest BCUT2D eigenvalue weighted by molar-refractivity contribution is -0.136. The van der Waals surface area contributed by atoms with Gasteiger partial charge in [0.2, 0.25) is 5.91 Å². The van der Waals surface area contributed by atoms with Crippen molar-refractivity contribution in [2.24, 2.45) is 0 Å². The fourth-order valence-electron chi connectivity index (χ4n) is 2.76.